The van der Waals surface area contributed by atoms with Crippen LogP contribution in [0.3, 0.4) is 0 Å². The number of ether oxygens (including phenoxy) is 2. The van der Waals surface area contributed by atoms with Gasteiger partial charge in [0, 0.05) is 34.0 Å². The van der Waals surface area contributed by atoms with Crippen molar-refractivity contribution in [3.8, 4) is 11.5 Å². The zero-order valence-electron chi connectivity index (χ0n) is 14.5. The average molecular weight is 412 g/mol. The molecule has 0 aliphatic carbocycles. The molecule has 0 N–H and O–H groups in total. The van der Waals surface area contributed by atoms with E-state index in [0.717, 1.165) is 55.1 Å². The molecule has 5 rings (SSSR count). The highest BCUT2D eigenvalue weighted by Gasteiger charge is 2.27. The van der Waals surface area contributed by atoms with Gasteiger partial charge in [0.2, 0.25) is 6.33 Å². The molecule has 3 aromatic rings. The van der Waals surface area contributed by atoms with Crippen LogP contribution in [0.2, 0.25) is 0 Å². The summed E-state index contributed by atoms with van der Waals surface area (Å²) in [5.41, 5.74) is 5.18. The lowest BCUT2D eigenvalue weighted by molar-refractivity contribution is -0.687. The number of halogens is 1. The van der Waals surface area contributed by atoms with Crippen LogP contribution < -0.4 is 14.0 Å². The van der Waals surface area contributed by atoms with Gasteiger partial charge in [0.15, 0.2) is 0 Å². The van der Waals surface area contributed by atoms with Crippen molar-refractivity contribution in [1.29, 1.82) is 0 Å². The van der Waals surface area contributed by atoms with E-state index >= 15 is 0 Å². The molecule has 1 aromatic heterocycles. The molecule has 2 aromatic carbocycles. The second kappa shape index (κ2) is 6.47. The molecule has 5 heteroatoms. The smallest absolute Gasteiger partial charge is 0.244 e. The van der Waals surface area contributed by atoms with Crippen molar-refractivity contribution in [3.63, 3.8) is 0 Å². The quantitative estimate of drug-likeness (QED) is 0.614. The summed E-state index contributed by atoms with van der Waals surface area (Å²) in [7, 11) is 0. The molecule has 2 aliphatic heterocycles. The lowest BCUT2D eigenvalue weighted by Gasteiger charge is -2.11. The molecular formula is C21H20BrN2O2+. The van der Waals surface area contributed by atoms with Crippen molar-refractivity contribution in [1.82, 2.24) is 4.57 Å². The Bertz CT molecular complexity index is 931. The first-order valence-corrected chi connectivity index (χ1v) is 9.78. The number of aromatic nitrogens is 2. The molecule has 26 heavy (non-hydrogen) atoms. The lowest BCUT2D eigenvalue weighted by atomic mass is 9.99. The molecule has 0 unspecified atom stereocenters. The zero-order valence-corrected chi connectivity index (χ0v) is 16.0. The van der Waals surface area contributed by atoms with Crippen LogP contribution in [0, 0.1) is 0 Å². The van der Waals surface area contributed by atoms with Gasteiger partial charge in [-0.15, -0.1) is 0 Å². The van der Waals surface area contributed by atoms with E-state index < -0.39 is 0 Å². The van der Waals surface area contributed by atoms with Crippen LogP contribution >= 0.6 is 15.9 Å². The summed E-state index contributed by atoms with van der Waals surface area (Å²) in [4.78, 5) is 0. The van der Waals surface area contributed by atoms with Gasteiger partial charge in [-0.1, -0.05) is 28.1 Å². The van der Waals surface area contributed by atoms with Crippen molar-refractivity contribution < 1.29 is 14.0 Å². The molecular weight excluding hydrogens is 392 g/mol. The number of hydrogen-bond donors (Lipinski definition) is 0. The lowest BCUT2D eigenvalue weighted by Crippen LogP contribution is -2.31. The number of imidazole rings is 1. The summed E-state index contributed by atoms with van der Waals surface area (Å²) in [6.45, 7) is 3.24. The molecule has 0 amide bonds. The molecule has 0 bridgehead atoms. The van der Waals surface area contributed by atoms with Crippen molar-refractivity contribution in [2.24, 2.45) is 0 Å². The zero-order chi connectivity index (χ0) is 17.5. The summed E-state index contributed by atoms with van der Waals surface area (Å²) in [5.74, 6) is 2.14. The minimum absolute atomic E-state index is 0.778. The number of hydrogen-bond acceptors (Lipinski definition) is 2. The van der Waals surface area contributed by atoms with Crippen LogP contribution in [-0.4, -0.2) is 17.8 Å². The van der Waals surface area contributed by atoms with Gasteiger partial charge in [0.25, 0.3) is 0 Å². The minimum atomic E-state index is 0.778. The van der Waals surface area contributed by atoms with Gasteiger partial charge in [-0.05, 0) is 23.8 Å². The maximum atomic E-state index is 5.96. The van der Waals surface area contributed by atoms with Gasteiger partial charge in [-0.2, -0.15) is 0 Å². The third kappa shape index (κ3) is 2.90. The van der Waals surface area contributed by atoms with Crippen LogP contribution in [0.1, 0.15) is 22.3 Å². The Labute approximate surface area is 161 Å². The van der Waals surface area contributed by atoms with Crippen LogP contribution in [0.25, 0.3) is 0 Å². The van der Waals surface area contributed by atoms with E-state index in [1.165, 1.54) is 22.3 Å². The number of benzene rings is 2. The Balaban J connectivity index is 1.41. The third-order valence-corrected chi connectivity index (χ3v) is 5.65. The Morgan fingerprint density at radius 1 is 1.08 bits per heavy atom. The van der Waals surface area contributed by atoms with E-state index in [-0.39, 0.29) is 0 Å². The van der Waals surface area contributed by atoms with Gasteiger partial charge in [-0.25, -0.2) is 9.13 Å². The molecule has 0 saturated heterocycles. The molecule has 0 atom stereocenters. The van der Waals surface area contributed by atoms with Crippen molar-refractivity contribution in [3.05, 3.63) is 75.8 Å². The van der Waals surface area contributed by atoms with Crippen molar-refractivity contribution >= 4 is 15.9 Å². The Morgan fingerprint density at radius 2 is 1.92 bits per heavy atom. The Morgan fingerprint density at radius 3 is 2.81 bits per heavy atom. The first-order valence-electron chi connectivity index (χ1n) is 8.99. The van der Waals surface area contributed by atoms with E-state index in [1.54, 1.807) is 0 Å². The van der Waals surface area contributed by atoms with Crippen molar-refractivity contribution in [2.75, 3.05) is 13.2 Å². The van der Waals surface area contributed by atoms with E-state index in [4.69, 9.17) is 9.47 Å². The Kier molecular flexibility index (Phi) is 3.97. The normalized spacial score (nSPS) is 14.7. The second-order valence-corrected chi connectivity index (χ2v) is 7.82. The number of rotatable bonds is 4. The van der Waals surface area contributed by atoms with E-state index in [1.807, 2.05) is 0 Å². The summed E-state index contributed by atoms with van der Waals surface area (Å²) >= 11 is 3.49. The fraction of sp³-hybridized carbons (Fsp3) is 0.286. The highest BCUT2D eigenvalue weighted by molar-refractivity contribution is 9.10. The average Bonchev–Trinajstić information content (AvgIpc) is 3.37. The fourth-order valence-corrected chi connectivity index (χ4v) is 4.13. The fourth-order valence-electron chi connectivity index (χ4n) is 3.86. The number of fused-ring (bicyclic) bond motifs is 2. The van der Waals surface area contributed by atoms with E-state index in [0.29, 0.717) is 0 Å². The van der Waals surface area contributed by atoms with Gasteiger partial charge in [0.1, 0.15) is 37.0 Å². The van der Waals surface area contributed by atoms with E-state index in [9.17, 15) is 0 Å². The largest absolute Gasteiger partial charge is 0.493 e. The molecule has 3 heterocycles. The topological polar surface area (TPSA) is 27.3 Å². The molecule has 0 fully saturated rings. The standard InChI is InChI=1S/C21H20BrN2O2/c22-17-3-1-15(2-4-17)12-23-7-8-24(14-23)13-19-18-6-10-25-20(18)11-16-5-9-26-21(16)19/h1-4,7-8,11,14H,5-6,9-10,12-13H2/q+1. The van der Waals surface area contributed by atoms with Crippen LogP contribution in [0.5, 0.6) is 11.5 Å². The van der Waals surface area contributed by atoms with Crippen LogP contribution in [0.4, 0.5) is 0 Å². The van der Waals surface area contributed by atoms with Gasteiger partial charge in [-0.3, -0.25) is 0 Å². The SMILES string of the molecule is Brc1ccc(C[n+]2ccn(Cc3c4c(cc5c3OCC5)OCC4)c2)cc1. The highest BCUT2D eigenvalue weighted by Crippen LogP contribution is 2.40. The minimum Gasteiger partial charge on any atom is -0.493 e. The van der Waals surface area contributed by atoms with Crippen LogP contribution in [-0.2, 0) is 25.9 Å². The summed E-state index contributed by atoms with van der Waals surface area (Å²) in [5, 5.41) is 0. The maximum Gasteiger partial charge on any atom is 0.244 e. The molecule has 132 valence electrons. The highest BCUT2D eigenvalue weighted by atomic mass is 79.9. The molecule has 0 spiro atoms. The first-order chi connectivity index (χ1) is 12.8. The molecule has 2 aliphatic rings. The third-order valence-electron chi connectivity index (χ3n) is 5.13. The van der Waals surface area contributed by atoms with Crippen LogP contribution in [0.15, 0.2) is 53.5 Å². The Hall–Kier alpha value is -2.27. The molecule has 0 saturated carbocycles. The monoisotopic (exact) mass is 411 g/mol. The first kappa shape index (κ1) is 15.9. The maximum absolute atomic E-state index is 5.96. The van der Waals surface area contributed by atoms with Gasteiger partial charge < -0.3 is 9.47 Å². The predicted molar refractivity (Wildman–Crippen MR) is 102 cm³/mol. The van der Waals surface area contributed by atoms with Gasteiger partial charge in [0.05, 0.1) is 13.2 Å². The summed E-state index contributed by atoms with van der Waals surface area (Å²) in [6, 6.07) is 10.6. The predicted octanol–water partition coefficient (Wildman–Crippen LogP) is 3.50. The summed E-state index contributed by atoms with van der Waals surface area (Å²) < 4.78 is 17.3. The molecule has 0 radical (unpaired) electrons. The van der Waals surface area contributed by atoms with Gasteiger partial charge >= 0.3 is 0 Å². The summed E-state index contributed by atoms with van der Waals surface area (Å²) in [6.07, 6.45) is 8.38. The molecule has 4 nitrogen and oxygen atoms in total. The number of nitrogens with zero attached hydrogens (tertiary/aromatic N) is 2. The van der Waals surface area contributed by atoms with E-state index in [2.05, 4.69) is 74.1 Å². The second-order valence-electron chi connectivity index (χ2n) is 6.90. The van der Waals surface area contributed by atoms with Crippen molar-refractivity contribution in [2.45, 2.75) is 25.9 Å².